The maximum absolute atomic E-state index is 13.6. The van der Waals surface area contributed by atoms with E-state index in [2.05, 4.69) is 10.1 Å². The van der Waals surface area contributed by atoms with E-state index in [9.17, 15) is 4.39 Å². The van der Waals surface area contributed by atoms with Crippen molar-refractivity contribution in [3.05, 3.63) is 35.9 Å². The molecule has 1 atom stereocenters. The first kappa shape index (κ1) is 13.6. The molecule has 1 unspecified atom stereocenters. The van der Waals surface area contributed by atoms with E-state index < -0.39 is 11.9 Å². The Morgan fingerprint density at radius 1 is 1.42 bits per heavy atom. The first-order valence-electron chi connectivity index (χ1n) is 6.14. The Labute approximate surface area is 110 Å². The van der Waals surface area contributed by atoms with Gasteiger partial charge < -0.3 is 15.0 Å². The maximum Gasteiger partial charge on any atom is 0.260 e. The molecule has 0 aliphatic heterocycles. The molecule has 1 aromatic heterocycles. The molecule has 0 bridgehead atoms. The van der Waals surface area contributed by atoms with Crippen molar-refractivity contribution in [3.8, 4) is 11.5 Å². The summed E-state index contributed by atoms with van der Waals surface area (Å²) in [5.41, 5.74) is 6.13. The van der Waals surface area contributed by atoms with Crippen molar-refractivity contribution in [2.45, 2.75) is 19.4 Å². The van der Waals surface area contributed by atoms with Gasteiger partial charge in [0, 0.05) is 6.61 Å². The van der Waals surface area contributed by atoms with Gasteiger partial charge in [0.15, 0.2) is 5.82 Å². The van der Waals surface area contributed by atoms with E-state index in [-0.39, 0.29) is 11.5 Å². The summed E-state index contributed by atoms with van der Waals surface area (Å²) in [5, 5.41) is 3.75. The van der Waals surface area contributed by atoms with Gasteiger partial charge in [-0.1, -0.05) is 24.2 Å². The van der Waals surface area contributed by atoms with Gasteiger partial charge in [-0.05, 0) is 18.6 Å². The summed E-state index contributed by atoms with van der Waals surface area (Å²) < 4.78 is 23.9. The summed E-state index contributed by atoms with van der Waals surface area (Å²) in [5.74, 6) is 0.0295. The molecular formula is C13H16FN3O2. The first-order chi connectivity index (χ1) is 9.22. The Morgan fingerprint density at radius 2 is 2.21 bits per heavy atom. The lowest BCUT2D eigenvalue weighted by atomic mass is 10.2. The molecule has 5 nitrogen and oxygen atoms in total. The summed E-state index contributed by atoms with van der Waals surface area (Å²) in [4.78, 5) is 4.10. The predicted octanol–water partition coefficient (Wildman–Crippen LogP) is 2.30. The van der Waals surface area contributed by atoms with E-state index in [1.165, 1.54) is 6.07 Å². The lowest BCUT2D eigenvalue weighted by molar-refractivity contribution is 0.119. The van der Waals surface area contributed by atoms with E-state index in [0.717, 1.165) is 6.42 Å². The third-order valence-corrected chi connectivity index (χ3v) is 2.52. The standard InChI is InChI=1S/C13H16FN3O2/c1-2-7-18-8-11(15)12-16-13(19-17-12)9-5-3-4-6-10(9)14/h3-6,11H,2,7-8,15H2,1H3. The normalized spacial score (nSPS) is 12.6. The monoisotopic (exact) mass is 265 g/mol. The van der Waals surface area contributed by atoms with E-state index in [1.807, 2.05) is 6.92 Å². The molecule has 1 aromatic carbocycles. The van der Waals surface area contributed by atoms with Crippen molar-refractivity contribution in [2.75, 3.05) is 13.2 Å². The van der Waals surface area contributed by atoms with Gasteiger partial charge in [0.2, 0.25) is 0 Å². The van der Waals surface area contributed by atoms with Crippen LogP contribution in [0, 0.1) is 5.82 Å². The SMILES string of the molecule is CCCOCC(N)c1noc(-c2ccccc2F)n1. The molecule has 0 aliphatic carbocycles. The first-order valence-corrected chi connectivity index (χ1v) is 6.14. The largest absolute Gasteiger partial charge is 0.379 e. The average molecular weight is 265 g/mol. The third kappa shape index (κ3) is 3.36. The zero-order valence-electron chi connectivity index (χ0n) is 10.7. The number of benzene rings is 1. The highest BCUT2D eigenvalue weighted by molar-refractivity contribution is 5.53. The van der Waals surface area contributed by atoms with Crippen LogP contribution in [-0.4, -0.2) is 23.4 Å². The van der Waals surface area contributed by atoms with Crippen LogP contribution in [0.4, 0.5) is 4.39 Å². The molecule has 0 spiro atoms. The third-order valence-electron chi connectivity index (χ3n) is 2.52. The zero-order valence-corrected chi connectivity index (χ0v) is 10.7. The van der Waals surface area contributed by atoms with Crippen LogP contribution in [0.1, 0.15) is 25.2 Å². The molecule has 0 fully saturated rings. The fourth-order valence-electron chi connectivity index (χ4n) is 1.56. The summed E-state index contributed by atoms with van der Waals surface area (Å²) in [6, 6.07) is 5.73. The highest BCUT2D eigenvalue weighted by Gasteiger charge is 2.17. The van der Waals surface area contributed by atoms with Crippen molar-refractivity contribution in [1.82, 2.24) is 10.1 Å². The molecule has 2 aromatic rings. The average Bonchev–Trinajstić information content (AvgIpc) is 2.89. The van der Waals surface area contributed by atoms with E-state index in [4.69, 9.17) is 15.0 Å². The highest BCUT2D eigenvalue weighted by Crippen LogP contribution is 2.21. The number of ether oxygens (including phenoxy) is 1. The fraction of sp³-hybridized carbons (Fsp3) is 0.385. The Hall–Kier alpha value is -1.79. The van der Waals surface area contributed by atoms with E-state index in [1.54, 1.807) is 18.2 Å². The zero-order chi connectivity index (χ0) is 13.7. The molecule has 19 heavy (non-hydrogen) atoms. The van der Waals surface area contributed by atoms with Gasteiger partial charge in [-0.25, -0.2) is 4.39 Å². The molecule has 2 N–H and O–H groups in total. The van der Waals surface area contributed by atoms with Gasteiger partial charge >= 0.3 is 0 Å². The van der Waals surface area contributed by atoms with Crippen LogP contribution in [0.25, 0.3) is 11.5 Å². The maximum atomic E-state index is 13.6. The van der Waals surface area contributed by atoms with Gasteiger partial charge in [-0.2, -0.15) is 4.98 Å². The van der Waals surface area contributed by atoms with Crippen molar-refractivity contribution in [1.29, 1.82) is 0 Å². The van der Waals surface area contributed by atoms with Gasteiger partial charge in [0.25, 0.3) is 5.89 Å². The highest BCUT2D eigenvalue weighted by atomic mass is 19.1. The fourth-order valence-corrected chi connectivity index (χ4v) is 1.56. The quantitative estimate of drug-likeness (QED) is 0.811. The van der Waals surface area contributed by atoms with Gasteiger partial charge in [0.05, 0.1) is 18.2 Å². The Morgan fingerprint density at radius 3 is 2.95 bits per heavy atom. The van der Waals surface area contributed by atoms with Crippen molar-refractivity contribution < 1.29 is 13.7 Å². The molecule has 0 radical (unpaired) electrons. The minimum atomic E-state index is -0.476. The van der Waals surface area contributed by atoms with Crippen LogP contribution in [0.15, 0.2) is 28.8 Å². The van der Waals surface area contributed by atoms with Crippen molar-refractivity contribution >= 4 is 0 Å². The van der Waals surface area contributed by atoms with Crippen LogP contribution in [0.2, 0.25) is 0 Å². The minimum Gasteiger partial charge on any atom is -0.379 e. The topological polar surface area (TPSA) is 74.2 Å². The molecule has 0 aliphatic rings. The van der Waals surface area contributed by atoms with E-state index >= 15 is 0 Å². The number of nitrogens with zero attached hydrogens (tertiary/aromatic N) is 2. The molecule has 1 heterocycles. The molecule has 0 amide bonds. The molecular weight excluding hydrogens is 249 g/mol. The number of hydrogen-bond donors (Lipinski definition) is 1. The minimum absolute atomic E-state index is 0.124. The summed E-state index contributed by atoms with van der Waals surface area (Å²) >= 11 is 0. The second-order valence-corrected chi connectivity index (χ2v) is 4.12. The number of aromatic nitrogens is 2. The van der Waals surface area contributed by atoms with Gasteiger partial charge in [-0.15, -0.1) is 0 Å². The predicted molar refractivity (Wildman–Crippen MR) is 67.7 cm³/mol. The van der Waals surface area contributed by atoms with Crippen molar-refractivity contribution in [2.24, 2.45) is 5.73 Å². The second kappa shape index (κ2) is 6.40. The Balaban J connectivity index is 2.09. The summed E-state index contributed by atoms with van der Waals surface area (Å²) in [6.07, 6.45) is 0.916. The molecule has 6 heteroatoms. The Kier molecular flexibility index (Phi) is 4.59. The molecule has 0 saturated carbocycles. The lowest BCUT2D eigenvalue weighted by Crippen LogP contribution is -2.18. The summed E-state index contributed by atoms with van der Waals surface area (Å²) in [7, 11) is 0. The second-order valence-electron chi connectivity index (χ2n) is 4.12. The van der Waals surface area contributed by atoms with Crippen LogP contribution >= 0.6 is 0 Å². The van der Waals surface area contributed by atoms with Crippen LogP contribution < -0.4 is 5.73 Å². The number of rotatable bonds is 6. The van der Waals surface area contributed by atoms with Crippen LogP contribution in [0.5, 0.6) is 0 Å². The number of halogens is 1. The smallest absolute Gasteiger partial charge is 0.260 e. The van der Waals surface area contributed by atoms with Crippen LogP contribution in [-0.2, 0) is 4.74 Å². The van der Waals surface area contributed by atoms with Crippen molar-refractivity contribution in [3.63, 3.8) is 0 Å². The molecule has 102 valence electrons. The molecule has 2 rings (SSSR count). The Bertz CT molecular complexity index is 530. The summed E-state index contributed by atoms with van der Waals surface area (Å²) in [6.45, 7) is 2.95. The number of nitrogens with two attached hydrogens (primary N) is 1. The van der Waals surface area contributed by atoms with Gasteiger partial charge in [0.1, 0.15) is 5.82 Å². The van der Waals surface area contributed by atoms with E-state index in [0.29, 0.717) is 19.0 Å². The molecule has 0 saturated heterocycles. The lowest BCUT2D eigenvalue weighted by Gasteiger charge is -2.06. The number of hydrogen-bond acceptors (Lipinski definition) is 5. The van der Waals surface area contributed by atoms with Gasteiger partial charge in [-0.3, -0.25) is 0 Å². The van der Waals surface area contributed by atoms with Crippen LogP contribution in [0.3, 0.4) is 0 Å².